The molecule has 0 unspecified atom stereocenters. The Bertz CT molecular complexity index is 731. The average molecular weight is 327 g/mol. The molecule has 5 nitrogen and oxygen atoms in total. The molecular formula is C19H21NO4. The van der Waals surface area contributed by atoms with Crippen molar-refractivity contribution in [1.82, 2.24) is 0 Å². The molecule has 0 spiro atoms. The number of hydrogen-bond acceptors (Lipinski definition) is 4. The molecule has 0 saturated heterocycles. The van der Waals surface area contributed by atoms with Crippen LogP contribution in [-0.4, -0.2) is 27.2 Å². The summed E-state index contributed by atoms with van der Waals surface area (Å²) in [7, 11) is 4.71. The Balaban J connectivity index is 2.22. The molecule has 0 aliphatic heterocycles. The van der Waals surface area contributed by atoms with Crippen LogP contribution in [0.1, 0.15) is 11.1 Å². The van der Waals surface area contributed by atoms with Gasteiger partial charge in [-0.25, -0.2) is 0 Å². The maximum atomic E-state index is 12.2. The largest absolute Gasteiger partial charge is 0.496 e. The first kappa shape index (κ1) is 17.4. The molecule has 2 aromatic rings. The highest BCUT2D eigenvalue weighted by atomic mass is 16.5. The first-order chi connectivity index (χ1) is 11.6. The molecule has 0 fully saturated rings. The monoisotopic (exact) mass is 327 g/mol. The van der Waals surface area contributed by atoms with E-state index >= 15 is 0 Å². The van der Waals surface area contributed by atoms with Crippen LogP contribution in [0, 0.1) is 6.92 Å². The van der Waals surface area contributed by atoms with Crippen molar-refractivity contribution < 1.29 is 19.0 Å². The van der Waals surface area contributed by atoms with Gasteiger partial charge in [-0.15, -0.1) is 0 Å². The summed E-state index contributed by atoms with van der Waals surface area (Å²) in [6, 6.07) is 11.0. The van der Waals surface area contributed by atoms with Crippen LogP contribution in [0.5, 0.6) is 17.2 Å². The molecule has 0 aliphatic carbocycles. The van der Waals surface area contributed by atoms with Gasteiger partial charge in [-0.1, -0.05) is 12.1 Å². The van der Waals surface area contributed by atoms with Crippen molar-refractivity contribution in [2.24, 2.45) is 0 Å². The van der Waals surface area contributed by atoms with E-state index in [0.29, 0.717) is 28.5 Å². The Kier molecular flexibility index (Phi) is 5.84. The van der Waals surface area contributed by atoms with Crippen LogP contribution in [0.2, 0.25) is 0 Å². The molecule has 5 heteroatoms. The number of anilines is 1. The molecule has 24 heavy (non-hydrogen) atoms. The molecule has 0 aromatic heterocycles. The summed E-state index contributed by atoms with van der Waals surface area (Å²) in [5, 5.41) is 2.82. The predicted molar refractivity (Wildman–Crippen MR) is 94.9 cm³/mol. The van der Waals surface area contributed by atoms with Gasteiger partial charge in [-0.3, -0.25) is 4.79 Å². The van der Waals surface area contributed by atoms with E-state index in [9.17, 15) is 4.79 Å². The number of hydrogen-bond donors (Lipinski definition) is 1. The van der Waals surface area contributed by atoms with Gasteiger partial charge in [0, 0.05) is 6.08 Å². The number of ether oxygens (including phenoxy) is 3. The topological polar surface area (TPSA) is 56.8 Å². The van der Waals surface area contributed by atoms with Crippen LogP contribution in [0.3, 0.4) is 0 Å². The van der Waals surface area contributed by atoms with Crippen LogP contribution < -0.4 is 19.5 Å². The van der Waals surface area contributed by atoms with Crippen molar-refractivity contribution in [3.8, 4) is 17.2 Å². The normalized spacial score (nSPS) is 10.5. The number of rotatable bonds is 6. The van der Waals surface area contributed by atoms with Crippen molar-refractivity contribution in [3.63, 3.8) is 0 Å². The molecule has 1 amide bonds. The van der Waals surface area contributed by atoms with E-state index in [2.05, 4.69) is 5.32 Å². The Labute approximate surface area is 141 Å². The summed E-state index contributed by atoms with van der Waals surface area (Å²) in [6.45, 7) is 1.95. The first-order valence-electron chi connectivity index (χ1n) is 7.43. The molecule has 0 radical (unpaired) electrons. The van der Waals surface area contributed by atoms with E-state index in [4.69, 9.17) is 14.2 Å². The third-order valence-electron chi connectivity index (χ3n) is 3.48. The smallest absolute Gasteiger partial charge is 0.248 e. The van der Waals surface area contributed by atoms with Gasteiger partial charge in [0.15, 0.2) is 0 Å². The molecule has 1 N–H and O–H groups in total. The number of carbonyl (C=O) groups is 1. The third-order valence-corrected chi connectivity index (χ3v) is 3.48. The molecular weight excluding hydrogens is 306 g/mol. The summed E-state index contributed by atoms with van der Waals surface area (Å²) in [5.74, 6) is 1.60. The summed E-state index contributed by atoms with van der Waals surface area (Å²) < 4.78 is 15.9. The van der Waals surface area contributed by atoms with Crippen LogP contribution >= 0.6 is 0 Å². The Morgan fingerprint density at radius 1 is 0.958 bits per heavy atom. The van der Waals surface area contributed by atoms with Crippen LogP contribution in [-0.2, 0) is 4.79 Å². The van der Waals surface area contributed by atoms with Crippen molar-refractivity contribution in [2.75, 3.05) is 26.6 Å². The highest BCUT2D eigenvalue weighted by Gasteiger charge is 2.09. The molecule has 0 aliphatic rings. The lowest BCUT2D eigenvalue weighted by molar-refractivity contribution is -0.111. The molecule has 0 heterocycles. The van der Waals surface area contributed by atoms with Crippen LogP contribution in [0.15, 0.2) is 42.5 Å². The minimum atomic E-state index is -0.271. The molecule has 0 saturated carbocycles. The summed E-state index contributed by atoms with van der Waals surface area (Å²) in [5.41, 5.74) is 2.36. The highest BCUT2D eigenvalue weighted by molar-refractivity contribution is 6.03. The van der Waals surface area contributed by atoms with Gasteiger partial charge in [0.2, 0.25) is 5.91 Å². The predicted octanol–water partition coefficient (Wildman–Crippen LogP) is 3.67. The van der Waals surface area contributed by atoms with E-state index in [1.807, 2.05) is 43.3 Å². The summed E-state index contributed by atoms with van der Waals surface area (Å²) in [6.07, 6.45) is 3.09. The fourth-order valence-electron chi connectivity index (χ4n) is 2.30. The van der Waals surface area contributed by atoms with Gasteiger partial charge in [-0.2, -0.15) is 0 Å². The lowest BCUT2D eigenvalue weighted by Gasteiger charge is -2.11. The van der Waals surface area contributed by atoms with Crippen molar-refractivity contribution >= 4 is 17.7 Å². The van der Waals surface area contributed by atoms with Gasteiger partial charge in [-0.05, 0) is 42.8 Å². The Morgan fingerprint density at radius 3 is 2.17 bits per heavy atom. The first-order valence-corrected chi connectivity index (χ1v) is 7.43. The fourth-order valence-corrected chi connectivity index (χ4v) is 2.30. The third kappa shape index (κ3) is 4.07. The summed E-state index contributed by atoms with van der Waals surface area (Å²) >= 11 is 0. The number of aryl methyl sites for hydroxylation is 1. The fraction of sp³-hybridized carbons (Fsp3) is 0.211. The second-order valence-electron chi connectivity index (χ2n) is 5.10. The van der Waals surface area contributed by atoms with E-state index in [1.165, 1.54) is 6.08 Å². The van der Waals surface area contributed by atoms with E-state index in [0.717, 1.165) is 5.56 Å². The molecule has 0 bridgehead atoms. The number of amides is 1. The van der Waals surface area contributed by atoms with Gasteiger partial charge < -0.3 is 19.5 Å². The minimum absolute atomic E-state index is 0.271. The Hall–Kier alpha value is -2.95. The van der Waals surface area contributed by atoms with Crippen molar-refractivity contribution in [1.29, 1.82) is 0 Å². The van der Waals surface area contributed by atoms with E-state index in [-0.39, 0.29) is 5.91 Å². The maximum Gasteiger partial charge on any atom is 0.248 e. The van der Waals surface area contributed by atoms with Gasteiger partial charge in [0.05, 0.1) is 32.6 Å². The van der Waals surface area contributed by atoms with Gasteiger partial charge in [0.1, 0.15) is 17.2 Å². The highest BCUT2D eigenvalue weighted by Crippen LogP contribution is 2.30. The maximum absolute atomic E-state index is 12.2. The molecule has 0 atom stereocenters. The number of methoxy groups -OCH3 is 3. The molecule has 2 aromatic carbocycles. The standard InChI is InChI=1S/C19H21NO4/c1-13-8-10-18(24-4)15(12-13)20-19(21)11-9-14-16(22-2)6-5-7-17(14)23-3/h5-12H,1-4H3,(H,20,21)/b11-9+. The second kappa shape index (κ2) is 8.06. The average Bonchev–Trinajstić information content (AvgIpc) is 2.59. The molecule has 126 valence electrons. The second-order valence-corrected chi connectivity index (χ2v) is 5.10. The summed E-state index contributed by atoms with van der Waals surface area (Å²) in [4.78, 5) is 12.2. The van der Waals surface area contributed by atoms with Crippen LogP contribution in [0.4, 0.5) is 5.69 Å². The minimum Gasteiger partial charge on any atom is -0.496 e. The Morgan fingerprint density at radius 2 is 1.58 bits per heavy atom. The SMILES string of the molecule is COc1ccc(C)cc1NC(=O)/C=C/c1c(OC)cccc1OC. The van der Waals surface area contributed by atoms with Crippen molar-refractivity contribution in [2.45, 2.75) is 6.92 Å². The number of benzene rings is 2. The van der Waals surface area contributed by atoms with E-state index < -0.39 is 0 Å². The lowest BCUT2D eigenvalue weighted by atomic mass is 10.1. The number of nitrogens with one attached hydrogen (secondary N) is 1. The molecule has 2 rings (SSSR count). The lowest BCUT2D eigenvalue weighted by Crippen LogP contribution is -2.09. The zero-order valence-corrected chi connectivity index (χ0v) is 14.3. The van der Waals surface area contributed by atoms with Crippen LogP contribution in [0.25, 0.3) is 6.08 Å². The zero-order valence-electron chi connectivity index (χ0n) is 14.3. The number of carbonyl (C=O) groups excluding carboxylic acids is 1. The van der Waals surface area contributed by atoms with E-state index in [1.54, 1.807) is 27.4 Å². The zero-order chi connectivity index (χ0) is 17.5. The quantitative estimate of drug-likeness (QED) is 0.823. The van der Waals surface area contributed by atoms with Gasteiger partial charge >= 0.3 is 0 Å². The van der Waals surface area contributed by atoms with Crippen molar-refractivity contribution in [3.05, 3.63) is 53.6 Å². The van der Waals surface area contributed by atoms with Gasteiger partial charge in [0.25, 0.3) is 0 Å².